The predicted molar refractivity (Wildman–Crippen MR) is 82.1 cm³/mol. The Bertz CT molecular complexity index is 531. The number of hydrogen-bond acceptors (Lipinski definition) is 3. The van der Waals surface area contributed by atoms with Crippen LogP contribution in [-0.4, -0.2) is 6.61 Å². The van der Waals surface area contributed by atoms with Crippen LogP contribution in [0.5, 0.6) is 0 Å². The number of nitrogens with two attached hydrogens (primary N) is 1. The molecule has 100 valence electrons. The highest BCUT2D eigenvalue weighted by atomic mass is 32.1. The second kappa shape index (κ2) is 7.24. The van der Waals surface area contributed by atoms with Gasteiger partial charge in [-0.2, -0.15) is 0 Å². The molecule has 19 heavy (non-hydrogen) atoms. The largest absolute Gasteiger partial charge is 0.373 e. The lowest BCUT2D eigenvalue weighted by molar-refractivity contribution is 0.149. The fourth-order valence-corrected chi connectivity index (χ4v) is 2.74. The molecule has 0 aliphatic carbocycles. The Balaban J connectivity index is 1.77. The molecule has 3 heteroatoms. The van der Waals surface area contributed by atoms with Crippen LogP contribution >= 0.6 is 11.3 Å². The molecule has 0 aliphatic heterocycles. The van der Waals surface area contributed by atoms with E-state index in [9.17, 15) is 0 Å². The molecule has 0 radical (unpaired) electrons. The van der Waals surface area contributed by atoms with E-state index in [0.717, 1.165) is 0 Å². The van der Waals surface area contributed by atoms with Gasteiger partial charge in [0.05, 0.1) is 13.2 Å². The van der Waals surface area contributed by atoms with Gasteiger partial charge < -0.3 is 10.5 Å². The molecule has 1 aromatic carbocycles. The summed E-state index contributed by atoms with van der Waals surface area (Å²) in [6.45, 7) is 4.01. The first-order valence-electron chi connectivity index (χ1n) is 6.37. The summed E-state index contributed by atoms with van der Waals surface area (Å²) < 4.78 is 5.66. The topological polar surface area (TPSA) is 35.2 Å². The summed E-state index contributed by atoms with van der Waals surface area (Å²) in [6, 6.07) is 12.4. The van der Waals surface area contributed by atoms with E-state index in [-0.39, 0.29) is 0 Å². The lowest BCUT2D eigenvalue weighted by atomic mass is 10.2. The molecule has 1 heterocycles. The van der Waals surface area contributed by atoms with Gasteiger partial charge in [0.1, 0.15) is 0 Å². The number of aryl methyl sites for hydroxylation is 1. The molecule has 0 unspecified atom stereocenters. The van der Waals surface area contributed by atoms with E-state index in [0.29, 0.717) is 19.8 Å². The highest BCUT2D eigenvalue weighted by Gasteiger charge is 2.03. The average Bonchev–Trinajstić information content (AvgIpc) is 2.80. The average molecular weight is 273 g/mol. The lowest BCUT2D eigenvalue weighted by Gasteiger charge is -2.00. The summed E-state index contributed by atoms with van der Waals surface area (Å²) in [6.07, 6.45) is 4.12. The van der Waals surface area contributed by atoms with Gasteiger partial charge in [0.25, 0.3) is 0 Å². The molecule has 0 amide bonds. The van der Waals surface area contributed by atoms with Crippen molar-refractivity contribution in [2.75, 3.05) is 6.61 Å². The molecule has 0 aliphatic rings. The van der Waals surface area contributed by atoms with Crippen molar-refractivity contribution in [3.63, 3.8) is 0 Å². The minimum absolute atomic E-state index is 0.611. The SMILES string of the molecule is Cc1sc(CN)cc1COC/C=C/c1ccccc1. The Labute approximate surface area is 118 Å². The van der Waals surface area contributed by atoms with E-state index >= 15 is 0 Å². The van der Waals surface area contributed by atoms with Crippen LogP contribution < -0.4 is 5.73 Å². The van der Waals surface area contributed by atoms with Gasteiger partial charge in [-0.25, -0.2) is 0 Å². The Morgan fingerprint density at radius 2 is 2.05 bits per heavy atom. The first kappa shape index (κ1) is 14.0. The van der Waals surface area contributed by atoms with Gasteiger partial charge in [-0.3, -0.25) is 0 Å². The Morgan fingerprint density at radius 3 is 2.74 bits per heavy atom. The normalized spacial score (nSPS) is 11.3. The molecular weight excluding hydrogens is 254 g/mol. The molecule has 0 saturated heterocycles. The van der Waals surface area contributed by atoms with Gasteiger partial charge in [0.15, 0.2) is 0 Å². The molecule has 0 fully saturated rings. The fraction of sp³-hybridized carbons (Fsp3) is 0.250. The highest BCUT2D eigenvalue weighted by molar-refractivity contribution is 7.12. The van der Waals surface area contributed by atoms with Crippen LogP contribution in [0.2, 0.25) is 0 Å². The van der Waals surface area contributed by atoms with Crippen molar-refractivity contribution in [3.8, 4) is 0 Å². The van der Waals surface area contributed by atoms with Crippen molar-refractivity contribution in [3.05, 3.63) is 63.4 Å². The third kappa shape index (κ3) is 4.31. The van der Waals surface area contributed by atoms with Crippen LogP contribution in [0.25, 0.3) is 6.08 Å². The minimum atomic E-state index is 0.611. The van der Waals surface area contributed by atoms with Gasteiger partial charge in [-0.05, 0) is 24.1 Å². The fourth-order valence-electron chi connectivity index (χ4n) is 1.82. The second-order valence-electron chi connectivity index (χ2n) is 4.33. The molecule has 2 aromatic rings. The summed E-state index contributed by atoms with van der Waals surface area (Å²) in [5.74, 6) is 0. The van der Waals surface area contributed by atoms with Crippen molar-refractivity contribution in [1.29, 1.82) is 0 Å². The van der Waals surface area contributed by atoms with E-state index in [2.05, 4.69) is 31.2 Å². The van der Waals surface area contributed by atoms with Crippen molar-refractivity contribution in [1.82, 2.24) is 0 Å². The van der Waals surface area contributed by atoms with E-state index in [4.69, 9.17) is 10.5 Å². The van der Waals surface area contributed by atoms with Crippen molar-refractivity contribution < 1.29 is 4.74 Å². The summed E-state index contributed by atoms with van der Waals surface area (Å²) in [5, 5.41) is 0. The molecule has 2 nitrogen and oxygen atoms in total. The van der Waals surface area contributed by atoms with Crippen LogP contribution in [0.15, 0.2) is 42.5 Å². The number of hydrogen-bond donors (Lipinski definition) is 1. The van der Waals surface area contributed by atoms with Gasteiger partial charge in [0.2, 0.25) is 0 Å². The van der Waals surface area contributed by atoms with Crippen molar-refractivity contribution in [2.24, 2.45) is 5.73 Å². The van der Waals surface area contributed by atoms with Crippen LogP contribution in [0.3, 0.4) is 0 Å². The third-order valence-electron chi connectivity index (χ3n) is 2.85. The Hall–Kier alpha value is -1.42. The summed E-state index contributed by atoms with van der Waals surface area (Å²) in [7, 11) is 0. The van der Waals surface area contributed by atoms with Gasteiger partial charge in [-0.15, -0.1) is 11.3 Å². The summed E-state index contributed by atoms with van der Waals surface area (Å²) in [4.78, 5) is 2.52. The molecule has 0 bridgehead atoms. The predicted octanol–water partition coefficient (Wildman–Crippen LogP) is 3.75. The van der Waals surface area contributed by atoms with E-state index < -0.39 is 0 Å². The maximum atomic E-state index is 5.66. The van der Waals surface area contributed by atoms with Gasteiger partial charge >= 0.3 is 0 Å². The standard InChI is InChI=1S/C16H19NOS/c1-13-15(10-16(11-17)19-13)12-18-9-5-8-14-6-3-2-4-7-14/h2-8,10H,9,11-12,17H2,1H3/b8-5+. The molecule has 0 saturated carbocycles. The second-order valence-corrected chi connectivity index (χ2v) is 5.67. The van der Waals surface area contributed by atoms with Gasteiger partial charge in [0, 0.05) is 16.3 Å². The van der Waals surface area contributed by atoms with Crippen molar-refractivity contribution in [2.45, 2.75) is 20.1 Å². The number of thiophene rings is 1. The molecular formula is C16H19NOS. The molecule has 0 atom stereocenters. The molecule has 2 rings (SSSR count). The number of benzene rings is 1. The summed E-state index contributed by atoms with van der Waals surface area (Å²) in [5.41, 5.74) is 8.08. The molecule has 2 N–H and O–H groups in total. The van der Waals surface area contributed by atoms with Crippen molar-refractivity contribution >= 4 is 17.4 Å². The van der Waals surface area contributed by atoms with Crippen LogP contribution in [0, 0.1) is 6.92 Å². The highest BCUT2D eigenvalue weighted by Crippen LogP contribution is 2.21. The van der Waals surface area contributed by atoms with Crippen LogP contribution in [-0.2, 0) is 17.9 Å². The zero-order valence-corrected chi connectivity index (χ0v) is 12.0. The number of ether oxygens (including phenoxy) is 1. The van der Waals surface area contributed by atoms with Gasteiger partial charge in [-0.1, -0.05) is 42.5 Å². The zero-order valence-electron chi connectivity index (χ0n) is 11.1. The molecule has 0 spiro atoms. The monoisotopic (exact) mass is 273 g/mol. The first-order valence-corrected chi connectivity index (χ1v) is 7.19. The smallest absolute Gasteiger partial charge is 0.0731 e. The third-order valence-corrected chi connectivity index (χ3v) is 3.97. The maximum Gasteiger partial charge on any atom is 0.0731 e. The van der Waals surface area contributed by atoms with Crippen LogP contribution in [0.1, 0.15) is 20.9 Å². The van der Waals surface area contributed by atoms with Crippen LogP contribution in [0.4, 0.5) is 0 Å². The quantitative estimate of drug-likeness (QED) is 0.814. The first-order chi connectivity index (χ1) is 9.29. The Kier molecular flexibility index (Phi) is 5.33. The van der Waals surface area contributed by atoms with E-state index in [1.54, 1.807) is 11.3 Å². The lowest BCUT2D eigenvalue weighted by Crippen LogP contribution is -1.94. The van der Waals surface area contributed by atoms with E-state index in [1.807, 2.05) is 24.3 Å². The van der Waals surface area contributed by atoms with E-state index in [1.165, 1.54) is 20.9 Å². The molecule has 1 aromatic heterocycles. The maximum absolute atomic E-state index is 5.66. The number of rotatable bonds is 6. The Morgan fingerprint density at radius 1 is 1.26 bits per heavy atom. The summed E-state index contributed by atoms with van der Waals surface area (Å²) >= 11 is 1.75. The zero-order chi connectivity index (χ0) is 13.5. The minimum Gasteiger partial charge on any atom is -0.373 e.